The van der Waals surface area contributed by atoms with Crippen molar-refractivity contribution in [2.45, 2.75) is 6.54 Å². The SMILES string of the molecule is COC(=O)c1cccc2c1c(CN)nn2C. The number of methoxy groups -OCH3 is 1. The molecule has 1 aromatic carbocycles. The van der Waals surface area contributed by atoms with Gasteiger partial charge in [0.15, 0.2) is 0 Å². The molecule has 84 valence electrons. The van der Waals surface area contributed by atoms with E-state index in [-0.39, 0.29) is 5.97 Å². The van der Waals surface area contributed by atoms with Gasteiger partial charge < -0.3 is 10.5 Å². The Bertz CT molecular complexity index is 545. The molecule has 0 spiro atoms. The summed E-state index contributed by atoms with van der Waals surface area (Å²) in [6.07, 6.45) is 0. The van der Waals surface area contributed by atoms with E-state index in [2.05, 4.69) is 5.10 Å². The predicted molar refractivity (Wildman–Crippen MR) is 59.9 cm³/mol. The molecule has 0 fully saturated rings. The molecule has 0 unspecified atom stereocenters. The fraction of sp³-hybridized carbons (Fsp3) is 0.273. The maximum atomic E-state index is 11.6. The largest absolute Gasteiger partial charge is 0.465 e. The molecule has 0 bridgehead atoms. The molecule has 0 aliphatic carbocycles. The summed E-state index contributed by atoms with van der Waals surface area (Å²) < 4.78 is 6.45. The number of fused-ring (bicyclic) bond motifs is 1. The Morgan fingerprint density at radius 3 is 2.94 bits per heavy atom. The first-order valence-electron chi connectivity index (χ1n) is 4.92. The Hall–Kier alpha value is -1.88. The van der Waals surface area contributed by atoms with E-state index in [1.807, 2.05) is 13.1 Å². The molecule has 2 rings (SSSR count). The van der Waals surface area contributed by atoms with Crippen LogP contribution in [0.15, 0.2) is 18.2 Å². The van der Waals surface area contributed by atoms with Crippen molar-refractivity contribution < 1.29 is 9.53 Å². The summed E-state index contributed by atoms with van der Waals surface area (Å²) >= 11 is 0. The third-order valence-electron chi connectivity index (χ3n) is 2.55. The molecule has 0 saturated carbocycles. The zero-order valence-electron chi connectivity index (χ0n) is 9.23. The molecule has 0 amide bonds. The van der Waals surface area contributed by atoms with Crippen molar-refractivity contribution >= 4 is 16.9 Å². The molecule has 1 aromatic heterocycles. The Morgan fingerprint density at radius 2 is 2.31 bits per heavy atom. The molecule has 5 nitrogen and oxygen atoms in total. The van der Waals surface area contributed by atoms with Crippen LogP contribution in [0.25, 0.3) is 10.9 Å². The maximum absolute atomic E-state index is 11.6. The second-order valence-electron chi connectivity index (χ2n) is 3.47. The topological polar surface area (TPSA) is 70.1 Å². The third kappa shape index (κ3) is 1.45. The zero-order valence-corrected chi connectivity index (χ0v) is 9.23. The minimum Gasteiger partial charge on any atom is -0.465 e. The minimum absolute atomic E-state index is 0.297. The fourth-order valence-electron chi connectivity index (χ4n) is 1.82. The normalized spacial score (nSPS) is 10.7. The molecule has 2 N–H and O–H groups in total. The van der Waals surface area contributed by atoms with Gasteiger partial charge in [0, 0.05) is 19.0 Å². The lowest BCUT2D eigenvalue weighted by molar-refractivity contribution is 0.0603. The summed E-state index contributed by atoms with van der Waals surface area (Å²) in [5.74, 6) is -0.367. The van der Waals surface area contributed by atoms with Gasteiger partial charge in [-0.1, -0.05) is 6.07 Å². The highest BCUT2D eigenvalue weighted by Gasteiger charge is 2.16. The van der Waals surface area contributed by atoms with Crippen LogP contribution in [0.1, 0.15) is 16.1 Å². The average molecular weight is 219 g/mol. The Morgan fingerprint density at radius 1 is 1.56 bits per heavy atom. The number of aromatic nitrogens is 2. The molecule has 16 heavy (non-hydrogen) atoms. The van der Waals surface area contributed by atoms with Crippen molar-refractivity contribution in [2.75, 3.05) is 7.11 Å². The molecule has 0 atom stereocenters. The van der Waals surface area contributed by atoms with Crippen molar-refractivity contribution in [1.82, 2.24) is 9.78 Å². The van der Waals surface area contributed by atoms with E-state index < -0.39 is 0 Å². The van der Waals surface area contributed by atoms with Gasteiger partial charge in [-0.05, 0) is 12.1 Å². The lowest BCUT2D eigenvalue weighted by Gasteiger charge is -2.02. The van der Waals surface area contributed by atoms with Gasteiger partial charge in [-0.15, -0.1) is 0 Å². The van der Waals surface area contributed by atoms with Gasteiger partial charge in [-0.2, -0.15) is 5.10 Å². The Kier molecular flexibility index (Phi) is 2.62. The monoisotopic (exact) mass is 219 g/mol. The number of nitrogens with zero attached hydrogens (tertiary/aromatic N) is 2. The smallest absolute Gasteiger partial charge is 0.338 e. The third-order valence-corrected chi connectivity index (χ3v) is 2.55. The van der Waals surface area contributed by atoms with Gasteiger partial charge in [0.2, 0.25) is 0 Å². The van der Waals surface area contributed by atoms with Crippen molar-refractivity contribution in [3.63, 3.8) is 0 Å². The van der Waals surface area contributed by atoms with Crippen molar-refractivity contribution in [2.24, 2.45) is 12.8 Å². The van der Waals surface area contributed by atoms with Gasteiger partial charge in [0.05, 0.1) is 23.9 Å². The van der Waals surface area contributed by atoms with Crippen molar-refractivity contribution in [1.29, 1.82) is 0 Å². The number of hydrogen-bond donors (Lipinski definition) is 1. The lowest BCUT2D eigenvalue weighted by Crippen LogP contribution is -2.04. The van der Waals surface area contributed by atoms with Crippen LogP contribution in [-0.4, -0.2) is 22.9 Å². The molecule has 0 saturated heterocycles. The van der Waals surface area contributed by atoms with E-state index in [0.717, 1.165) is 10.9 Å². The van der Waals surface area contributed by atoms with Crippen LogP contribution in [0.2, 0.25) is 0 Å². The van der Waals surface area contributed by atoms with Crippen LogP contribution in [-0.2, 0) is 18.3 Å². The highest BCUT2D eigenvalue weighted by atomic mass is 16.5. The molecular formula is C11H13N3O2. The van der Waals surface area contributed by atoms with E-state index in [1.54, 1.807) is 16.8 Å². The molecule has 1 heterocycles. The molecule has 2 aromatic rings. The van der Waals surface area contributed by atoms with Crippen LogP contribution >= 0.6 is 0 Å². The first-order chi connectivity index (χ1) is 7.69. The summed E-state index contributed by atoms with van der Waals surface area (Å²) in [4.78, 5) is 11.6. The summed E-state index contributed by atoms with van der Waals surface area (Å²) in [6.45, 7) is 0.297. The van der Waals surface area contributed by atoms with Gasteiger partial charge in [0.25, 0.3) is 0 Å². The van der Waals surface area contributed by atoms with Crippen LogP contribution < -0.4 is 5.73 Å². The Labute approximate surface area is 92.8 Å². The molecule has 0 aliphatic heterocycles. The lowest BCUT2D eigenvalue weighted by atomic mass is 10.1. The van der Waals surface area contributed by atoms with Gasteiger partial charge in [-0.25, -0.2) is 4.79 Å². The van der Waals surface area contributed by atoms with E-state index in [1.165, 1.54) is 7.11 Å². The predicted octanol–water partition coefficient (Wildman–Crippen LogP) is 0.819. The maximum Gasteiger partial charge on any atom is 0.338 e. The molecular weight excluding hydrogens is 206 g/mol. The number of hydrogen-bond acceptors (Lipinski definition) is 4. The number of rotatable bonds is 2. The molecule has 5 heteroatoms. The number of carbonyl (C=O) groups is 1. The van der Waals surface area contributed by atoms with E-state index in [9.17, 15) is 4.79 Å². The van der Waals surface area contributed by atoms with Gasteiger partial charge >= 0.3 is 5.97 Å². The number of carbonyl (C=O) groups excluding carboxylic acids is 1. The quantitative estimate of drug-likeness (QED) is 0.759. The first kappa shape index (κ1) is 10.6. The number of nitrogens with two attached hydrogens (primary N) is 1. The standard InChI is InChI=1S/C11H13N3O2/c1-14-9-5-3-4-7(11(15)16-2)10(9)8(6-12)13-14/h3-5H,6,12H2,1-2H3. The van der Waals surface area contributed by atoms with E-state index >= 15 is 0 Å². The van der Waals surface area contributed by atoms with Crippen LogP contribution in [0.4, 0.5) is 0 Å². The summed E-state index contributed by atoms with van der Waals surface area (Å²) in [7, 11) is 3.18. The zero-order chi connectivity index (χ0) is 11.7. The Balaban J connectivity index is 2.79. The number of aryl methyl sites for hydroxylation is 1. The summed E-state index contributed by atoms with van der Waals surface area (Å²) in [5.41, 5.74) is 7.70. The average Bonchev–Trinajstić information content (AvgIpc) is 2.65. The first-order valence-corrected chi connectivity index (χ1v) is 4.92. The van der Waals surface area contributed by atoms with Crippen molar-refractivity contribution in [3.05, 3.63) is 29.5 Å². The van der Waals surface area contributed by atoms with E-state index in [4.69, 9.17) is 10.5 Å². The molecule has 0 aliphatic rings. The number of benzene rings is 1. The second-order valence-corrected chi connectivity index (χ2v) is 3.47. The summed E-state index contributed by atoms with van der Waals surface area (Å²) in [5, 5.41) is 5.05. The van der Waals surface area contributed by atoms with Crippen LogP contribution in [0.3, 0.4) is 0 Å². The van der Waals surface area contributed by atoms with Crippen LogP contribution in [0, 0.1) is 0 Å². The van der Waals surface area contributed by atoms with Gasteiger partial charge in [0.1, 0.15) is 0 Å². The highest BCUT2D eigenvalue weighted by Crippen LogP contribution is 2.22. The highest BCUT2D eigenvalue weighted by molar-refractivity contribution is 6.04. The van der Waals surface area contributed by atoms with Crippen LogP contribution in [0.5, 0.6) is 0 Å². The fourth-order valence-corrected chi connectivity index (χ4v) is 1.82. The summed E-state index contributed by atoms with van der Waals surface area (Å²) in [6, 6.07) is 5.42. The second kappa shape index (κ2) is 3.94. The number of ether oxygens (including phenoxy) is 1. The van der Waals surface area contributed by atoms with Gasteiger partial charge in [-0.3, -0.25) is 4.68 Å². The van der Waals surface area contributed by atoms with Crippen molar-refractivity contribution in [3.8, 4) is 0 Å². The molecule has 0 radical (unpaired) electrons. The minimum atomic E-state index is -0.367. The number of esters is 1. The van der Waals surface area contributed by atoms with E-state index in [0.29, 0.717) is 17.8 Å².